The number of carbonyl (C=O) groups excluding carboxylic acids is 2. The fourth-order valence-corrected chi connectivity index (χ4v) is 1.13. The summed E-state index contributed by atoms with van der Waals surface area (Å²) in [6.07, 6.45) is 0.364. The second-order valence-corrected chi connectivity index (χ2v) is 5.59. The molecule has 0 aromatic heterocycles. The van der Waals surface area contributed by atoms with Gasteiger partial charge in [0.05, 0.1) is 0 Å². The van der Waals surface area contributed by atoms with Crippen molar-refractivity contribution in [2.75, 3.05) is 7.05 Å². The highest BCUT2D eigenvalue weighted by Gasteiger charge is 2.27. The molecule has 1 unspecified atom stereocenters. The number of hydrogen-bond acceptors (Lipinski definition) is 3. The summed E-state index contributed by atoms with van der Waals surface area (Å²) in [7, 11) is 1.56. The van der Waals surface area contributed by atoms with Crippen LogP contribution in [-0.4, -0.2) is 41.6 Å². The first kappa shape index (κ1) is 16.7. The molecule has 0 spiro atoms. The molecule has 2 amide bonds. The average molecular weight is 258 g/mol. The van der Waals surface area contributed by atoms with E-state index in [9.17, 15) is 9.59 Å². The van der Waals surface area contributed by atoms with Gasteiger partial charge in [0.15, 0.2) is 0 Å². The number of carbonyl (C=O) groups is 2. The van der Waals surface area contributed by atoms with Crippen LogP contribution in [0.4, 0.5) is 4.79 Å². The number of nitrogens with zero attached hydrogens (tertiary/aromatic N) is 1. The molecule has 0 saturated heterocycles. The van der Waals surface area contributed by atoms with Gasteiger partial charge in [-0.25, -0.2) is 4.79 Å². The molecule has 0 aliphatic carbocycles. The van der Waals surface area contributed by atoms with Gasteiger partial charge in [-0.3, -0.25) is 9.69 Å². The Morgan fingerprint density at radius 1 is 1.28 bits per heavy atom. The molecular formula is C13H26N2O3. The minimum Gasteiger partial charge on any atom is -0.444 e. The summed E-state index contributed by atoms with van der Waals surface area (Å²) in [6, 6.07) is -0.444. The number of rotatable bonds is 4. The quantitative estimate of drug-likeness (QED) is 0.840. The first-order chi connectivity index (χ1) is 8.08. The topological polar surface area (TPSA) is 58.6 Å². The van der Waals surface area contributed by atoms with Gasteiger partial charge in [-0.2, -0.15) is 0 Å². The smallest absolute Gasteiger partial charge is 0.410 e. The normalized spacial score (nSPS) is 14.6. The number of ether oxygens (including phenoxy) is 1. The third kappa shape index (κ3) is 5.89. The molecule has 0 aliphatic heterocycles. The van der Waals surface area contributed by atoms with Crippen LogP contribution < -0.4 is 5.32 Å². The van der Waals surface area contributed by atoms with Crippen LogP contribution in [0.5, 0.6) is 0 Å². The molecule has 2 atom stereocenters. The second kappa shape index (κ2) is 6.61. The molecule has 5 nitrogen and oxygen atoms in total. The maximum absolute atomic E-state index is 11.9. The van der Waals surface area contributed by atoms with E-state index in [0.717, 1.165) is 6.42 Å². The summed E-state index contributed by atoms with van der Waals surface area (Å²) in [6.45, 7) is 11.0. The summed E-state index contributed by atoms with van der Waals surface area (Å²) in [5, 5.41) is 2.84. The van der Waals surface area contributed by atoms with Gasteiger partial charge in [0, 0.05) is 13.1 Å². The molecule has 0 radical (unpaired) electrons. The first-order valence-electron chi connectivity index (χ1n) is 6.34. The average Bonchev–Trinajstić information content (AvgIpc) is 2.24. The second-order valence-electron chi connectivity index (χ2n) is 5.59. The zero-order chi connectivity index (χ0) is 14.5. The van der Waals surface area contributed by atoms with Crippen LogP contribution in [0.3, 0.4) is 0 Å². The molecule has 5 heteroatoms. The standard InChI is InChI=1S/C13H26N2O3/c1-8-9(2)14-11(16)10(3)15(7)12(17)18-13(4,5)6/h9-10H,8H2,1-7H3,(H,14,16)/t9?,10-/m0/s1. The van der Waals surface area contributed by atoms with Crippen molar-refractivity contribution in [2.24, 2.45) is 0 Å². The number of amides is 2. The van der Waals surface area contributed by atoms with Gasteiger partial charge < -0.3 is 10.1 Å². The van der Waals surface area contributed by atoms with E-state index in [1.807, 2.05) is 13.8 Å². The lowest BCUT2D eigenvalue weighted by atomic mass is 10.2. The van der Waals surface area contributed by atoms with Crippen molar-refractivity contribution in [1.29, 1.82) is 0 Å². The van der Waals surface area contributed by atoms with Crippen molar-refractivity contribution in [2.45, 2.75) is 65.6 Å². The van der Waals surface area contributed by atoms with Crippen LogP contribution in [0.1, 0.15) is 48.0 Å². The van der Waals surface area contributed by atoms with Gasteiger partial charge in [0.25, 0.3) is 0 Å². The molecule has 0 rings (SSSR count). The Hall–Kier alpha value is -1.26. The van der Waals surface area contributed by atoms with Gasteiger partial charge in [0.1, 0.15) is 11.6 Å². The van der Waals surface area contributed by atoms with Crippen LogP contribution in [0.15, 0.2) is 0 Å². The van der Waals surface area contributed by atoms with E-state index >= 15 is 0 Å². The molecule has 0 aromatic rings. The van der Waals surface area contributed by atoms with Crippen LogP contribution in [0, 0.1) is 0 Å². The number of hydrogen-bond donors (Lipinski definition) is 1. The third-order valence-corrected chi connectivity index (χ3v) is 2.64. The van der Waals surface area contributed by atoms with E-state index in [-0.39, 0.29) is 11.9 Å². The summed E-state index contributed by atoms with van der Waals surface area (Å²) >= 11 is 0. The van der Waals surface area contributed by atoms with E-state index in [2.05, 4.69) is 5.32 Å². The lowest BCUT2D eigenvalue weighted by molar-refractivity contribution is -0.126. The Bertz CT molecular complexity index is 297. The molecule has 1 N–H and O–H groups in total. The van der Waals surface area contributed by atoms with Crippen molar-refractivity contribution in [3.8, 4) is 0 Å². The van der Waals surface area contributed by atoms with Crippen molar-refractivity contribution in [1.82, 2.24) is 10.2 Å². The van der Waals surface area contributed by atoms with Crippen molar-refractivity contribution in [3.05, 3.63) is 0 Å². The maximum Gasteiger partial charge on any atom is 0.410 e. The van der Waals surface area contributed by atoms with Gasteiger partial charge in [-0.05, 0) is 41.0 Å². The minimum atomic E-state index is -0.557. The van der Waals surface area contributed by atoms with Gasteiger partial charge >= 0.3 is 6.09 Å². The number of likely N-dealkylation sites (N-methyl/N-ethyl adjacent to an activating group) is 1. The monoisotopic (exact) mass is 258 g/mol. The summed E-state index contributed by atoms with van der Waals surface area (Å²) in [5.41, 5.74) is -0.557. The lowest BCUT2D eigenvalue weighted by Crippen LogP contribution is -2.49. The highest BCUT2D eigenvalue weighted by molar-refractivity contribution is 5.85. The van der Waals surface area contributed by atoms with Crippen molar-refractivity contribution < 1.29 is 14.3 Å². The van der Waals surface area contributed by atoms with Crippen LogP contribution in [0.25, 0.3) is 0 Å². The molecular weight excluding hydrogens is 232 g/mol. The van der Waals surface area contributed by atoms with Crippen LogP contribution in [0.2, 0.25) is 0 Å². The molecule has 0 bridgehead atoms. The Morgan fingerprint density at radius 3 is 2.17 bits per heavy atom. The largest absolute Gasteiger partial charge is 0.444 e. The van der Waals surface area contributed by atoms with Crippen LogP contribution in [-0.2, 0) is 9.53 Å². The lowest BCUT2D eigenvalue weighted by Gasteiger charge is -2.28. The Balaban J connectivity index is 4.45. The third-order valence-electron chi connectivity index (χ3n) is 2.64. The summed E-state index contributed by atoms with van der Waals surface area (Å²) in [4.78, 5) is 25.0. The fourth-order valence-electron chi connectivity index (χ4n) is 1.13. The van der Waals surface area contributed by atoms with Gasteiger partial charge in [-0.15, -0.1) is 0 Å². The highest BCUT2D eigenvalue weighted by Crippen LogP contribution is 2.10. The van der Waals surface area contributed by atoms with Crippen molar-refractivity contribution in [3.63, 3.8) is 0 Å². The minimum absolute atomic E-state index is 0.104. The summed E-state index contributed by atoms with van der Waals surface area (Å²) < 4.78 is 5.21. The molecule has 0 saturated carbocycles. The van der Waals surface area contributed by atoms with E-state index in [1.165, 1.54) is 4.90 Å². The number of nitrogens with one attached hydrogen (secondary N) is 1. The Morgan fingerprint density at radius 2 is 1.78 bits per heavy atom. The summed E-state index contributed by atoms with van der Waals surface area (Å²) in [5.74, 6) is -0.169. The molecule has 0 fully saturated rings. The van der Waals surface area contributed by atoms with Gasteiger partial charge in [-0.1, -0.05) is 6.92 Å². The molecule has 0 heterocycles. The Labute approximate surface area is 110 Å². The van der Waals surface area contributed by atoms with E-state index < -0.39 is 17.7 Å². The van der Waals surface area contributed by atoms with Crippen molar-refractivity contribution >= 4 is 12.0 Å². The molecule has 18 heavy (non-hydrogen) atoms. The van der Waals surface area contributed by atoms with Crippen LogP contribution >= 0.6 is 0 Å². The highest BCUT2D eigenvalue weighted by atomic mass is 16.6. The van der Waals surface area contributed by atoms with E-state index in [0.29, 0.717) is 0 Å². The van der Waals surface area contributed by atoms with E-state index in [1.54, 1.807) is 34.7 Å². The van der Waals surface area contributed by atoms with Gasteiger partial charge in [0.2, 0.25) is 5.91 Å². The fraction of sp³-hybridized carbons (Fsp3) is 0.846. The maximum atomic E-state index is 11.9. The molecule has 0 aromatic carbocycles. The first-order valence-corrected chi connectivity index (χ1v) is 6.34. The predicted molar refractivity (Wildman–Crippen MR) is 71.4 cm³/mol. The predicted octanol–water partition coefficient (Wildman–Crippen LogP) is 2.16. The zero-order valence-electron chi connectivity index (χ0n) is 12.5. The van der Waals surface area contributed by atoms with E-state index in [4.69, 9.17) is 4.74 Å². The molecule has 0 aliphatic rings. The SMILES string of the molecule is CCC(C)NC(=O)[C@H](C)N(C)C(=O)OC(C)(C)C. The zero-order valence-corrected chi connectivity index (χ0v) is 12.5. The molecule has 106 valence electrons. The Kier molecular flexibility index (Phi) is 6.15.